The average Bonchev–Trinajstić information content (AvgIpc) is 3.27. The van der Waals surface area contributed by atoms with Gasteiger partial charge in [-0.2, -0.15) is 11.3 Å². The topological polar surface area (TPSA) is 60.5 Å². The number of hydrogen-bond donors (Lipinski definition) is 1. The number of anilines is 1. The number of nitrogens with one attached hydrogen (secondary N) is 1. The van der Waals surface area contributed by atoms with Gasteiger partial charge in [-0.25, -0.2) is 4.98 Å². The number of ether oxygens (including phenoxy) is 2. The van der Waals surface area contributed by atoms with E-state index in [4.69, 9.17) is 21.1 Å². The molecule has 0 fully saturated rings. The minimum Gasteiger partial charge on any atom is -0.454 e. The van der Waals surface area contributed by atoms with Gasteiger partial charge in [0.25, 0.3) is 0 Å². The largest absolute Gasteiger partial charge is 0.454 e. The number of halogens is 1. The lowest BCUT2D eigenvalue weighted by atomic mass is 10.2. The van der Waals surface area contributed by atoms with E-state index in [1.807, 2.05) is 22.2 Å². The summed E-state index contributed by atoms with van der Waals surface area (Å²) in [5.41, 5.74) is 2.31. The van der Waals surface area contributed by atoms with Gasteiger partial charge in [0.2, 0.25) is 12.7 Å². The molecule has 2 aromatic heterocycles. The molecular weight excluding hydrogens is 368 g/mol. The van der Waals surface area contributed by atoms with Crippen molar-refractivity contribution in [2.24, 2.45) is 0 Å². The summed E-state index contributed by atoms with van der Waals surface area (Å²) in [6, 6.07) is 5.32. The van der Waals surface area contributed by atoms with Crippen LogP contribution in [0.4, 0.5) is 5.69 Å². The SMILES string of the molecule is O=C(Cc1csc(-c2ccsc2)n1)Nc1cc2c(cc1Cl)OCO2. The third-order valence-corrected chi connectivity index (χ3v) is 5.33. The molecule has 0 atom stereocenters. The van der Waals surface area contributed by atoms with Crippen molar-refractivity contribution in [2.45, 2.75) is 6.42 Å². The third-order valence-electron chi connectivity index (χ3n) is 3.40. The predicted octanol–water partition coefficient (Wildman–Crippen LogP) is 4.43. The smallest absolute Gasteiger partial charge is 0.231 e. The lowest BCUT2D eigenvalue weighted by Gasteiger charge is -2.07. The van der Waals surface area contributed by atoms with Crippen LogP contribution in [0.2, 0.25) is 5.02 Å². The molecule has 0 radical (unpaired) electrons. The third kappa shape index (κ3) is 3.10. The standard InChI is InChI=1S/C16H11ClN2O3S2/c17-11-4-13-14(22-8-21-13)5-12(11)19-15(20)3-10-7-24-16(18-10)9-1-2-23-6-9/h1-2,4-7H,3,8H2,(H,19,20). The van der Waals surface area contributed by atoms with Crippen molar-refractivity contribution < 1.29 is 14.3 Å². The molecule has 5 nitrogen and oxygen atoms in total. The highest BCUT2D eigenvalue weighted by Crippen LogP contribution is 2.39. The first-order chi connectivity index (χ1) is 11.7. The van der Waals surface area contributed by atoms with Gasteiger partial charge >= 0.3 is 0 Å². The number of thiophene rings is 1. The van der Waals surface area contributed by atoms with Crippen LogP contribution in [0.5, 0.6) is 11.5 Å². The van der Waals surface area contributed by atoms with E-state index in [0.717, 1.165) is 16.3 Å². The highest BCUT2D eigenvalue weighted by Gasteiger charge is 2.18. The fourth-order valence-electron chi connectivity index (χ4n) is 2.28. The summed E-state index contributed by atoms with van der Waals surface area (Å²) in [4.78, 5) is 16.8. The molecule has 3 aromatic rings. The van der Waals surface area contributed by atoms with Crippen molar-refractivity contribution in [3.05, 3.63) is 45.1 Å². The molecule has 1 aliphatic heterocycles. The summed E-state index contributed by atoms with van der Waals surface area (Å²) in [5.74, 6) is 0.971. The first-order valence-electron chi connectivity index (χ1n) is 7.05. The van der Waals surface area contributed by atoms with Crippen LogP contribution in [0.1, 0.15) is 5.69 Å². The van der Waals surface area contributed by atoms with Crippen LogP contribution in [0.3, 0.4) is 0 Å². The summed E-state index contributed by atoms with van der Waals surface area (Å²) in [6.07, 6.45) is 0.186. The first-order valence-corrected chi connectivity index (χ1v) is 9.25. The van der Waals surface area contributed by atoms with Crippen molar-refractivity contribution in [2.75, 3.05) is 12.1 Å². The maximum atomic E-state index is 12.3. The number of amides is 1. The Bertz CT molecular complexity index is 893. The molecule has 1 aliphatic rings. The molecule has 0 bridgehead atoms. The Morgan fingerprint density at radius 1 is 1.29 bits per heavy atom. The Morgan fingerprint density at radius 2 is 2.12 bits per heavy atom. The summed E-state index contributed by atoms with van der Waals surface area (Å²) in [6.45, 7) is 0.160. The van der Waals surface area contributed by atoms with Gasteiger partial charge < -0.3 is 14.8 Å². The summed E-state index contributed by atoms with van der Waals surface area (Å²) in [7, 11) is 0. The van der Waals surface area contributed by atoms with Gasteiger partial charge in [-0.15, -0.1) is 11.3 Å². The number of carbonyl (C=O) groups excluding carboxylic acids is 1. The summed E-state index contributed by atoms with van der Waals surface area (Å²) in [5, 5.41) is 10.1. The number of fused-ring (bicyclic) bond motifs is 1. The van der Waals surface area contributed by atoms with Gasteiger partial charge in [-0.05, 0) is 11.4 Å². The first kappa shape index (κ1) is 15.4. The van der Waals surface area contributed by atoms with E-state index in [0.29, 0.717) is 22.2 Å². The molecule has 0 saturated carbocycles. The van der Waals surface area contributed by atoms with Crippen LogP contribution >= 0.6 is 34.3 Å². The molecule has 0 unspecified atom stereocenters. The summed E-state index contributed by atoms with van der Waals surface area (Å²) >= 11 is 9.31. The van der Waals surface area contributed by atoms with E-state index in [1.165, 1.54) is 11.3 Å². The number of nitrogens with zero attached hydrogens (tertiary/aromatic N) is 1. The van der Waals surface area contributed by atoms with Crippen LogP contribution in [0.15, 0.2) is 34.3 Å². The molecule has 1 amide bonds. The van der Waals surface area contributed by atoms with Gasteiger partial charge in [-0.1, -0.05) is 11.6 Å². The quantitative estimate of drug-likeness (QED) is 0.729. The van der Waals surface area contributed by atoms with E-state index in [2.05, 4.69) is 10.3 Å². The maximum Gasteiger partial charge on any atom is 0.231 e. The predicted molar refractivity (Wildman–Crippen MR) is 95.3 cm³/mol. The second kappa shape index (κ2) is 6.43. The molecule has 24 heavy (non-hydrogen) atoms. The Kier molecular flexibility index (Phi) is 4.13. The monoisotopic (exact) mass is 378 g/mol. The van der Waals surface area contributed by atoms with E-state index in [9.17, 15) is 4.79 Å². The van der Waals surface area contributed by atoms with E-state index < -0.39 is 0 Å². The highest BCUT2D eigenvalue weighted by molar-refractivity contribution is 7.14. The highest BCUT2D eigenvalue weighted by atomic mass is 35.5. The maximum absolute atomic E-state index is 12.3. The second-order valence-electron chi connectivity index (χ2n) is 5.07. The molecule has 1 aromatic carbocycles. The Morgan fingerprint density at radius 3 is 2.92 bits per heavy atom. The van der Waals surface area contributed by atoms with Crippen LogP contribution in [-0.4, -0.2) is 17.7 Å². The lowest BCUT2D eigenvalue weighted by molar-refractivity contribution is -0.115. The molecule has 8 heteroatoms. The van der Waals surface area contributed by atoms with E-state index in [-0.39, 0.29) is 19.1 Å². The normalized spacial score (nSPS) is 12.4. The fraction of sp³-hybridized carbons (Fsp3) is 0.125. The molecule has 122 valence electrons. The lowest BCUT2D eigenvalue weighted by Crippen LogP contribution is -2.14. The number of carbonyl (C=O) groups is 1. The minimum absolute atomic E-state index is 0.160. The van der Waals surface area contributed by atoms with Crippen molar-refractivity contribution in [1.29, 1.82) is 0 Å². The van der Waals surface area contributed by atoms with Gasteiger partial charge in [0.05, 0.1) is 22.8 Å². The zero-order chi connectivity index (χ0) is 16.5. The van der Waals surface area contributed by atoms with Gasteiger partial charge in [-0.3, -0.25) is 4.79 Å². The van der Waals surface area contributed by atoms with Crippen molar-refractivity contribution in [3.8, 4) is 22.1 Å². The average molecular weight is 379 g/mol. The molecule has 0 spiro atoms. The number of aromatic nitrogens is 1. The van der Waals surface area contributed by atoms with Crippen molar-refractivity contribution in [3.63, 3.8) is 0 Å². The molecular formula is C16H11ClN2O3S2. The van der Waals surface area contributed by atoms with Crippen LogP contribution in [0, 0.1) is 0 Å². The van der Waals surface area contributed by atoms with Crippen molar-refractivity contribution in [1.82, 2.24) is 4.98 Å². The number of hydrogen-bond acceptors (Lipinski definition) is 6. The van der Waals surface area contributed by atoms with E-state index in [1.54, 1.807) is 23.5 Å². The Labute approximate surface area is 150 Å². The fourth-order valence-corrected chi connectivity index (χ4v) is 4.01. The van der Waals surface area contributed by atoms with Crippen molar-refractivity contribution >= 4 is 45.9 Å². The molecule has 0 aliphatic carbocycles. The summed E-state index contributed by atoms with van der Waals surface area (Å²) < 4.78 is 10.5. The molecule has 1 N–H and O–H groups in total. The number of thiazole rings is 1. The van der Waals surface area contributed by atoms with Gasteiger partial charge in [0.1, 0.15) is 5.01 Å². The Balaban J connectivity index is 1.46. The number of benzene rings is 1. The number of rotatable bonds is 4. The zero-order valence-corrected chi connectivity index (χ0v) is 14.6. The second-order valence-corrected chi connectivity index (χ2v) is 7.11. The molecule has 0 saturated heterocycles. The Hall–Kier alpha value is -2.09. The van der Waals surface area contributed by atoms with Gasteiger partial charge in [0, 0.05) is 28.5 Å². The molecule has 4 rings (SSSR count). The van der Waals surface area contributed by atoms with Crippen LogP contribution < -0.4 is 14.8 Å². The minimum atomic E-state index is -0.182. The van der Waals surface area contributed by atoms with Gasteiger partial charge in [0.15, 0.2) is 11.5 Å². The van der Waals surface area contributed by atoms with Crippen LogP contribution in [-0.2, 0) is 11.2 Å². The van der Waals surface area contributed by atoms with E-state index >= 15 is 0 Å². The zero-order valence-electron chi connectivity index (χ0n) is 12.2. The molecule has 3 heterocycles. The van der Waals surface area contributed by atoms with Crippen LogP contribution in [0.25, 0.3) is 10.6 Å².